The minimum atomic E-state index is -0.345. The number of ether oxygens (including phenoxy) is 1. The maximum atomic E-state index is 11.1. The minimum Gasteiger partial charge on any atom is -0.463 e. The highest BCUT2D eigenvalue weighted by atomic mass is 16.5. The van der Waals surface area contributed by atoms with Gasteiger partial charge in [0.25, 0.3) is 0 Å². The van der Waals surface area contributed by atoms with Crippen LogP contribution in [0.3, 0.4) is 0 Å². The molecule has 0 aromatic heterocycles. The molecule has 0 bridgehead atoms. The molecule has 0 spiro atoms. The Morgan fingerprint density at radius 2 is 2.06 bits per heavy atom. The molecule has 2 heteroatoms. The van der Waals surface area contributed by atoms with Crippen molar-refractivity contribution >= 4 is 5.97 Å². The largest absolute Gasteiger partial charge is 0.463 e. The van der Waals surface area contributed by atoms with Crippen molar-refractivity contribution in [3.8, 4) is 11.8 Å². The second-order valence-electron chi connectivity index (χ2n) is 3.20. The van der Waals surface area contributed by atoms with Crippen LogP contribution in [0.5, 0.6) is 0 Å². The molecule has 1 aromatic rings. The quantitative estimate of drug-likeness (QED) is 0.429. The molecule has 0 aliphatic rings. The van der Waals surface area contributed by atoms with E-state index in [2.05, 4.69) is 11.8 Å². The van der Waals surface area contributed by atoms with E-state index in [4.69, 9.17) is 4.74 Å². The Bertz CT molecular complexity index is 433. The predicted octanol–water partition coefficient (Wildman–Crippen LogP) is 2.55. The summed E-state index contributed by atoms with van der Waals surface area (Å²) in [5, 5.41) is 0. The molecule has 0 aliphatic carbocycles. The average Bonchev–Trinajstić information content (AvgIpc) is 2.28. The summed E-state index contributed by atoms with van der Waals surface area (Å²) in [6, 6.07) is 9.63. The standard InChI is InChI=1S/C14H14O2/c1-3-16-14(15)11-12(2)9-10-13-7-5-4-6-8-13/h4-8,11H,3H2,1-2H3/b12-11+. The van der Waals surface area contributed by atoms with Crippen molar-refractivity contribution in [2.75, 3.05) is 6.61 Å². The molecule has 1 aromatic carbocycles. The summed E-state index contributed by atoms with van der Waals surface area (Å²) >= 11 is 0. The molecule has 1 rings (SSSR count). The molecule has 0 heterocycles. The molecule has 82 valence electrons. The Morgan fingerprint density at radius 3 is 2.69 bits per heavy atom. The van der Waals surface area contributed by atoms with Crippen molar-refractivity contribution in [3.63, 3.8) is 0 Å². The maximum absolute atomic E-state index is 11.1. The van der Waals surface area contributed by atoms with Crippen molar-refractivity contribution in [1.29, 1.82) is 0 Å². The Balaban J connectivity index is 2.68. The van der Waals surface area contributed by atoms with Gasteiger partial charge in [-0.3, -0.25) is 0 Å². The summed E-state index contributed by atoms with van der Waals surface area (Å²) in [5.74, 6) is 5.52. The van der Waals surface area contributed by atoms with Crippen LogP contribution < -0.4 is 0 Å². The van der Waals surface area contributed by atoms with Gasteiger partial charge in [0.05, 0.1) is 6.61 Å². The minimum absolute atomic E-state index is 0.345. The number of carbonyl (C=O) groups excluding carboxylic acids is 1. The van der Waals surface area contributed by atoms with Gasteiger partial charge in [-0.1, -0.05) is 30.0 Å². The number of rotatable bonds is 2. The summed E-state index contributed by atoms with van der Waals surface area (Å²) in [4.78, 5) is 11.1. The van der Waals surface area contributed by atoms with Gasteiger partial charge < -0.3 is 4.74 Å². The lowest BCUT2D eigenvalue weighted by molar-refractivity contribution is -0.137. The van der Waals surface area contributed by atoms with Gasteiger partial charge in [-0.15, -0.1) is 0 Å². The summed E-state index contributed by atoms with van der Waals surface area (Å²) in [6.07, 6.45) is 1.40. The first-order valence-corrected chi connectivity index (χ1v) is 5.14. The Morgan fingerprint density at radius 1 is 1.38 bits per heavy atom. The fourth-order valence-electron chi connectivity index (χ4n) is 1.09. The van der Waals surface area contributed by atoms with Gasteiger partial charge in [-0.25, -0.2) is 4.79 Å². The summed E-state index contributed by atoms with van der Waals surface area (Å²) in [5.41, 5.74) is 1.63. The Hall–Kier alpha value is -2.01. The zero-order valence-corrected chi connectivity index (χ0v) is 9.49. The average molecular weight is 214 g/mol. The highest BCUT2D eigenvalue weighted by Gasteiger charge is 1.94. The van der Waals surface area contributed by atoms with Gasteiger partial charge >= 0.3 is 5.97 Å². The van der Waals surface area contributed by atoms with Crippen LogP contribution in [0.25, 0.3) is 0 Å². The van der Waals surface area contributed by atoms with Gasteiger partial charge in [-0.05, 0) is 26.0 Å². The number of esters is 1. The molecule has 0 amide bonds. The molecule has 0 fully saturated rings. The van der Waals surface area contributed by atoms with E-state index in [0.717, 1.165) is 5.56 Å². The number of benzene rings is 1. The number of hydrogen-bond donors (Lipinski definition) is 0. The monoisotopic (exact) mass is 214 g/mol. The lowest BCUT2D eigenvalue weighted by atomic mass is 10.2. The van der Waals surface area contributed by atoms with Gasteiger partial charge in [-0.2, -0.15) is 0 Å². The van der Waals surface area contributed by atoms with E-state index in [0.29, 0.717) is 12.2 Å². The van der Waals surface area contributed by atoms with E-state index in [1.165, 1.54) is 6.08 Å². The zero-order valence-electron chi connectivity index (χ0n) is 9.49. The summed E-state index contributed by atoms with van der Waals surface area (Å²) < 4.78 is 4.78. The first kappa shape index (κ1) is 12.1. The SMILES string of the molecule is CCOC(=O)/C=C(\C)C#Cc1ccccc1. The van der Waals surface area contributed by atoms with Crippen molar-refractivity contribution in [2.24, 2.45) is 0 Å². The molecular formula is C14H14O2. The topological polar surface area (TPSA) is 26.3 Å². The fourth-order valence-corrected chi connectivity index (χ4v) is 1.09. The van der Waals surface area contributed by atoms with Crippen molar-refractivity contribution in [2.45, 2.75) is 13.8 Å². The van der Waals surface area contributed by atoms with Crippen LogP contribution in [0.4, 0.5) is 0 Å². The molecule has 0 atom stereocenters. The highest BCUT2D eigenvalue weighted by Crippen LogP contribution is 1.97. The van der Waals surface area contributed by atoms with E-state index in [-0.39, 0.29) is 5.97 Å². The number of carbonyl (C=O) groups is 1. The first-order valence-electron chi connectivity index (χ1n) is 5.14. The Kier molecular flexibility index (Phi) is 4.88. The normalized spacial score (nSPS) is 10.2. The van der Waals surface area contributed by atoms with E-state index < -0.39 is 0 Å². The van der Waals surface area contributed by atoms with E-state index in [9.17, 15) is 4.79 Å². The van der Waals surface area contributed by atoms with Crippen LogP contribution in [0.15, 0.2) is 42.0 Å². The molecule has 0 radical (unpaired) electrons. The van der Waals surface area contributed by atoms with Crippen molar-refractivity contribution in [3.05, 3.63) is 47.5 Å². The van der Waals surface area contributed by atoms with Crippen LogP contribution in [0.1, 0.15) is 19.4 Å². The molecule has 2 nitrogen and oxygen atoms in total. The highest BCUT2D eigenvalue weighted by molar-refractivity contribution is 5.83. The van der Waals surface area contributed by atoms with Gasteiger partial charge in [0.2, 0.25) is 0 Å². The Labute approximate surface area is 95.9 Å². The zero-order chi connectivity index (χ0) is 11.8. The van der Waals surface area contributed by atoms with Crippen LogP contribution in [-0.4, -0.2) is 12.6 Å². The fraction of sp³-hybridized carbons (Fsp3) is 0.214. The molecule has 0 unspecified atom stereocenters. The molecule has 0 N–H and O–H groups in total. The lowest BCUT2D eigenvalue weighted by Crippen LogP contribution is -1.99. The van der Waals surface area contributed by atoms with Crippen LogP contribution in [0, 0.1) is 11.8 Å². The van der Waals surface area contributed by atoms with Crippen LogP contribution >= 0.6 is 0 Å². The molecule has 0 saturated carbocycles. The lowest BCUT2D eigenvalue weighted by Gasteiger charge is -1.94. The van der Waals surface area contributed by atoms with Gasteiger partial charge in [0, 0.05) is 17.2 Å². The maximum Gasteiger partial charge on any atom is 0.331 e. The van der Waals surface area contributed by atoms with Crippen LogP contribution in [0.2, 0.25) is 0 Å². The third-order valence-corrected chi connectivity index (χ3v) is 1.80. The molecular weight excluding hydrogens is 200 g/mol. The van der Waals surface area contributed by atoms with E-state index in [1.807, 2.05) is 30.3 Å². The van der Waals surface area contributed by atoms with Gasteiger partial charge in [0.1, 0.15) is 0 Å². The second-order valence-corrected chi connectivity index (χ2v) is 3.20. The van der Waals surface area contributed by atoms with Crippen molar-refractivity contribution in [1.82, 2.24) is 0 Å². The predicted molar refractivity (Wildman–Crippen MR) is 63.7 cm³/mol. The molecule has 0 aliphatic heterocycles. The molecule has 16 heavy (non-hydrogen) atoms. The van der Waals surface area contributed by atoms with Crippen LogP contribution in [-0.2, 0) is 9.53 Å². The number of hydrogen-bond acceptors (Lipinski definition) is 2. The number of allylic oxidation sites excluding steroid dienone is 1. The third-order valence-electron chi connectivity index (χ3n) is 1.80. The first-order chi connectivity index (χ1) is 7.72. The summed E-state index contributed by atoms with van der Waals surface area (Å²) in [7, 11) is 0. The summed E-state index contributed by atoms with van der Waals surface area (Å²) in [6.45, 7) is 3.94. The van der Waals surface area contributed by atoms with Crippen molar-refractivity contribution < 1.29 is 9.53 Å². The van der Waals surface area contributed by atoms with E-state index >= 15 is 0 Å². The third kappa shape index (κ3) is 4.47. The van der Waals surface area contributed by atoms with E-state index in [1.54, 1.807) is 13.8 Å². The molecule has 0 saturated heterocycles. The van der Waals surface area contributed by atoms with Gasteiger partial charge in [0.15, 0.2) is 0 Å². The smallest absolute Gasteiger partial charge is 0.331 e. The second kappa shape index (κ2) is 6.47.